The fourth-order valence-electron chi connectivity index (χ4n) is 1.87. The monoisotopic (exact) mass is 217 g/mol. The molecule has 0 spiro atoms. The standard InChI is InChI=1S/C11H20FNO2/c1-7(14)9(12)6-11(3,4)10(13-5)8(2)15/h9-10,13H,6H2,1-5H3. The summed E-state index contributed by atoms with van der Waals surface area (Å²) in [6.07, 6.45) is -1.43. The van der Waals surface area contributed by atoms with Crippen molar-refractivity contribution in [3.63, 3.8) is 0 Å². The molecule has 0 radical (unpaired) electrons. The number of halogens is 1. The third-order valence-electron chi connectivity index (χ3n) is 2.62. The molecule has 88 valence electrons. The first-order valence-corrected chi connectivity index (χ1v) is 5.04. The van der Waals surface area contributed by atoms with E-state index >= 15 is 0 Å². The van der Waals surface area contributed by atoms with E-state index in [0.29, 0.717) is 0 Å². The van der Waals surface area contributed by atoms with Crippen LogP contribution in [0.1, 0.15) is 34.1 Å². The van der Waals surface area contributed by atoms with Crippen molar-refractivity contribution in [2.75, 3.05) is 7.05 Å². The molecule has 1 N–H and O–H groups in total. The lowest BCUT2D eigenvalue weighted by molar-refractivity contribution is -0.126. The minimum absolute atomic E-state index is 0.0433. The number of Topliss-reactive ketones (excluding diaryl/α,β-unsaturated/α-hetero) is 2. The predicted molar refractivity (Wildman–Crippen MR) is 57.5 cm³/mol. The summed E-state index contributed by atoms with van der Waals surface area (Å²) in [4.78, 5) is 22.1. The molecule has 15 heavy (non-hydrogen) atoms. The molecule has 0 rings (SSSR count). The summed E-state index contributed by atoms with van der Waals surface area (Å²) in [5, 5.41) is 2.86. The summed E-state index contributed by atoms with van der Waals surface area (Å²) < 4.78 is 13.3. The molecule has 0 saturated heterocycles. The van der Waals surface area contributed by atoms with E-state index in [4.69, 9.17) is 0 Å². The summed E-state index contributed by atoms with van der Waals surface area (Å²) >= 11 is 0. The molecule has 0 aromatic carbocycles. The van der Waals surface area contributed by atoms with E-state index < -0.39 is 23.4 Å². The van der Waals surface area contributed by atoms with Crippen molar-refractivity contribution in [1.82, 2.24) is 5.32 Å². The molecule has 0 fully saturated rings. The van der Waals surface area contributed by atoms with Crippen LogP contribution in [0.4, 0.5) is 4.39 Å². The third kappa shape index (κ3) is 4.08. The van der Waals surface area contributed by atoms with Crippen molar-refractivity contribution >= 4 is 11.6 Å². The van der Waals surface area contributed by atoms with Gasteiger partial charge in [-0.2, -0.15) is 0 Å². The van der Waals surface area contributed by atoms with Crippen LogP contribution in [0.2, 0.25) is 0 Å². The summed E-state index contributed by atoms with van der Waals surface area (Å²) in [6.45, 7) is 6.25. The highest BCUT2D eigenvalue weighted by molar-refractivity contribution is 5.83. The molecule has 0 aliphatic heterocycles. The van der Waals surface area contributed by atoms with Gasteiger partial charge in [-0.15, -0.1) is 0 Å². The predicted octanol–water partition coefficient (Wildman–Crippen LogP) is 1.51. The lowest BCUT2D eigenvalue weighted by atomic mass is 9.77. The second-order valence-electron chi connectivity index (χ2n) is 4.60. The molecule has 4 heteroatoms. The Hall–Kier alpha value is -0.770. The molecule has 2 unspecified atom stereocenters. The average molecular weight is 217 g/mol. The van der Waals surface area contributed by atoms with E-state index in [9.17, 15) is 14.0 Å². The highest BCUT2D eigenvalue weighted by Crippen LogP contribution is 2.28. The van der Waals surface area contributed by atoms with Crippen LogP contribution >= 0.6 is 0 Å². The summed E-state index contributed by atoms with van der Waals surface area (Å²) in [6, 6.07) is -0.421. The first-order valence-electron chi connectivity index (χ1n) is 5.04. The molecular weight excluding hydrogens is 197 g/mol. The molecule has 0 bridgehead atoms. The van der Waals surface area contributed by atoms with Crippen LogP contribution in [0.15, 0.2) is 0 Å². The van der Waals surface area contributed by atoms with Crippen molar-refractivity contribution in [1.29, 1.82) is 0 Å². The van der Waals surface area contributed by atoms with Gasteiger partial charge in [0.25, 0.3) is 0 Å². The number of rotatable bonds is 6. The molecule has 0 aliphatic carbocycles. The SMILES string of the molecule is CNC(C(C)=O)C(C)(C)CC(F)C(C)=O. The van der Waals surface area contributed by atoms with E-state index in [1.807, 2.05) is 0 Å². The largest absolute Gasteiger partial charge is 0.310 e. The second-order valence-corrected chi connectivity index (χ2v) is 4.60. The number of hydrogen-bond donors (Lipinski definition) is 1. The topological polar surface area (TPSA) is 46.2 Å². The normalized spacial score (nSPS) is 15.9. The quantitative estimate of drug-likeness (QED) is 0.733. The van der Waals surface area contributed by atoms with Crippen molar-refractivity contribution in [3.8, 4) is 0 Å². The zero-order valence-electron chi connectivity index (χ0n) is 10.1. The molecule has 0 saturated carbocycles. The Morgan fingerprint density at radius 3 is 2.00 bits per heavy atom. The number of nitrogens with one attached hydrogen (secondary N) is 1. The fourth-order valence-corrected chi connectivity index (χ4v) is 1.87. The smallest absolute Gasteiger partial charge is 0.163 e. The van der Waals surface area contributed by atoms with Gasteiger partial charge in [0.2, 0.25) is 0 Å². The number of carbonyl (C=O) groups is 2. The number of alkyl halides is 1. The Kier molecular flexibility index (Phi) is 5.08. The zero-order chi connectivity index (χ0) is 12.2. The molecule has 0 heterocycles. The van der Waals surface area contributed by atoms with Crippen molar-refractivity contribution < 1.29 is 14.0 Å². The maximum atomic E-state index is 13.3. The Balaban J connectivity index is 4.64. The van der Waals surface area contributed by atoms with Gasteiger partial charge in [0.15, 0.2) is 12.0 Å². The van der Waals surface area contributed by atoms with Crippen molar-refractivity contribution in [3.05, 3.63) is 0 Å². The molecule has 3 nitrogen and oxygen atoms in total. The Labute approximate surface area is 90.4 Å². The minimum atomic E-state index is -1.49. The summed E-state index contributed by atoms with van der Waals surface area (Å²) in [5.74, 6) is -0.528. The van der Waals surface area contributed by atoms with Gasteiger partial charge in [0.1, 0.15) is 5.78 Å². The van der Waals surface area contributed by atoms with Gasteiger partial charge in [-0.25, -0.2) is 4.39 Å². The lowest BCUT2D eigenvalue weighted by Gasteiger charge is -2.33. The van der Waals surface area contributed by atoms with E-state index in [1.165, 1.54) is 13.8 Å². The van der Waals surface area contributed by atoms with Crippen LogP contribution in [0, 0.1) is 5.41 Å². The number of hydrogen-bond acceptors (Lipinski definition) is 3. The highest BCUT2D eigenvalue weighted by atomic mass is 19.1. The Morgan fingerprint density at radius 2 is 1.73 bits per heavy atom. The van der Waals surface area contributed by atoms with Crippen LogP contribution in [0.25, 0.3) is 0 Å². The van der Waals surface area contributed by atoms with Gasteiger partial charge in [-0.1, -0.05) is 13.8 Å². The Bertz CT molecular complexity index is 251. The van der Waals surface area contributed by atoms with Crippen LogP contribution in [0.5, 0.6) is 0 Å². The zero-order valence-corrected chi connectivity index (χ0v) is 10.1. The van der Waals surface area contributed by atoms with E-state index in [-0.39, 0.29) is 12.2 Å². The van der Waals surface area contributed by atoms with E-state index in [2.05, 4.69) is 5.32 Å². The molecule has 2 atom stereocenters. The molecular formula is C11H20FNO2. The van der Waals surface area contributed by atoms with Crippen LogP contribution < -0.4 is 5.32 Å². The average Bonchev–Trinajstić information content (AvgIpc) is 2.02. The van der Waals surface area contributed by atoms with Crippen molar-refractivity contribution in [2.45, 2.75) is 46.3 Å². The molecule has 0 aromatic heterocycles. The maximum Gasteiger partial charge on any atom is 0.163 e. The van der Waals surface area contributed by atoms with Crippen LogP contribution in [-0.4, -0.2) is 30.8 Å². The molecule has 0 amide bonds. The van der Waals surface area contributed by atoms with Gasteiger partial charge in [-0.3, -0.25) is 9.59 Å². The number of ketones is 2. The Morgan fingerprint density at radius 1 is 1.27 bits per heavy atom. The first-order chi connectivity index (χ1) is 6.72. The van der Waals surface area contributed by atoms with Gasteiger partial charge < -0.3 is 5.32 Å². The number of carbonyl (C=O) groups excluding carboxylic acids is 2. The summed E-state index contributed by atoms with van der Waals surface area (Å²) in [5.41, 5.74) is -0.564. The minimum Gasteiger partial charge on any atom is -0.310 e. The van der Waals surface area contributed by atoms with Gasteiger partial charge >= 0.3 is 0 Å². The second kappa shape index (κ2) is 5.35. The van der Waals surface area contributed by atoms with Crippen molar-refractivity contribution in [2.24, 2.45) is 5.41 Å². The van der Waals surface area contributed by atoms with Gasteiger partial charge in [0, 0.05) is 0 Å². The third-order valence-corrected chi connectivity index (χ3v) is 2.62. The van der Waals surface area contributed by atoms with Crippen LogP contribution in [-0.2, 0) is 9.59 Å². The first kappa shape index (κ1) is 14.2. The van der Waals surface area contributed by atoms with E-state index in [1.54, 1.807) is 20.9 Å². The van der Waals surface area contributed by atoms with Crippen LogP contribution in [0.3, 0.4) is 0 Å². The van der Waals surface area contributed by atoms with Gasteiger partial charge in [-0.05, 0) is 32.7 Å². The lowest BCUT2D eigenvalue weighted by Crippen LogP contribution is -2.46. The molecule has 0 aromatic rings. The fraction of sp³-hybridized carbons (Fsp3) is 0.818. The molecule has 0 aliphatic rings. The van der Waals surface area contributed by atoms with Gasteiger partial charge in [0.05, 0.1) is 6.04 Å². The summed E-state index contributed by atoms with van der Waals surface area (Å²) in [7, 11) is 1.66. The maximum absolute atomic E-state index is 13.3. The van der Waals surface area contributed by atoms with E-state index in [0.717, 1.165) is 0 Å². The number of likely N-dealkylation sites (N-methyl/N-ethyl adjacent to an activating group) is 1. The highest BCUT2D eigenvalue weighted by Gasteiger charge is 2.35.